The molecule has 170 valence electrons. The van der Waals surface area contributed by atoms with Crippen molar-refractivity contribution in [1.82, 2.24) is 15.2 Å². The number of fused-ring (bicyclic) bond motifs is 1. The van der Waals surface area contributed by atoms with Gasteiger partial charge >= 0.3 is 0 Å². The molecule has 0 radical (unpaired) electrons. The van der Waals surface area contributed by atoms with Crippen molar-refractivity contribution in [1.29, 1.82) is 5.26 Å². The van der Waals surface area contributed by atoms with E-state index >= 15 is 0 Å². The van der Waals surface area contributed by atoms with Gasteiger partial charge in [0.05, 0.1) is 18.2 Å². The number of hydrogen-bond acceptors (Lipinski definition) is 7. The maximum Gasteiger partial charge on any atom is 0.119 e. The highest BCUT2D eigenvalue weighted by Crippen LogP contribution is 2.26. The fourth-order valence-electron chi connectivity index (χ4n) is 4.48. The molecule has 0 atom stereocenters. The normalized spacial score (nSPS) is 14.8. The molecule has 1 aromatic heterocycles. The number of nitroso groups, excluding NO2 is 1. The number of nitrogens with zero attached hydrogens (tertiary/aromatic N) is 4. The number of ether oxygens (including phenoxy) is 1. The number of nitriles is 1. The summed E-state index contributed by atoms with van der Waals surface area (Å²) >= 11 is 0. The molecule has 3 aromatic rings. The number of methoxy groups -OCH3 is 1. The Morgan fingerprint density at radius 2 is 2.06 bits per heavy atom. The molecule has 1 saturated heterocycles. The number of likely N-dealkylation sites (tertiary alicyclic amines) is 1. The maximum absolute atomic E-state index is 10.9. The quantitative estimate of drug-likeness (QED) is 0.511. The summed E-state index contributed by atoms with van der Waals surface area (Å²) in [6, 6.07) is 14.4. The second-order valence-electron chi connectivity index (χ2n) is 8.60. The second-order valence-corrected chi connectivity index (χ2v) is 8.60. The third-order valence-corrected chi connectivity index (χ3v) is 6.54. The summed E-state index contributed by atoms with van der Waals surface area (Å²) in [5.74, 6) is 0.775. The number of hydrogen-bond donors (Lipinski definition) is 1. The number of aryl methyl sites for hydroxylation is 1. The average Bonchev–Trinajstić information content (AvgIpc) is 2.86. The first-order valence-electron chi connectivity index (χ1n) is 11.4. The molecule has 0 spiro atoms. The van der Waals surface area contributed by atoms with Crippen LogP contribution in [-0.4, -0.2) is 42.7 Å². The van der Waals surface area contributed by atoms with Gasteiger partial charge in [-0.05, 0) is 85.4 Å². The van der Waals surface area contributed by atoms with Crippen molar-refractivity contribution in [3.05, 3.63) is 69.8 Å². The maximum atomic E-state index is 10.9. The molecule has 0 bridgehead atoms. The van der Waals surface area contributed by atoms with E-state index in [1.165, 1.54) is 0 Å². The van der Waals surface area contributed by atoms with Gasteiger partial charge in [0.2, 0.25) is 0 Å². The third kappa shape index (κ3) is 5.36. The van der Waals surface area contributed by atoms with Crippen LogP contribution in [0.25, 0.3) is 10.9 Å². The highest BCUT2D eigenvalue weighted by molar-refractivity contribution is 5.85. The Labute approximate surface area is 194 Å². The average molecular weight is 444 g/mol. The van der Waals surface area contributed by atoms with Crippen LogP contribution in [0.2, 0.25) is 0 Å². The second kappa shape index (κ2) is 10.5. The van der Waals surface area contributed by atoms with Crippen molar-refractivity contribution in [3.63, 3.8) is 0 Å². The fraction of sp³-hybridized carbons (Fsp3) is 0.385. The predicted molar refractivity (Wildman–Crippen MR) is 130 cm³/mol. The topological polar surface area (TPSA) is 90.6 Å². The summed E-state index contributed by atoms with van der Waals surface area (Å²) in [5, 5.41) is 17.3. The first-order chi connectivity index (χ1) is 16.1. The Kier molecular flexibility index (Phi) is 7.28. The smallest absolute Gasteiger partial charge is 0.119 e. The van der Waals surface area contributed by atoms with Gasteiger partial charge in [-0.3, -0.25) is 4.98 Å². The molecule has 1 fully saturated rings. The summed E-state index contributed by atoms with van der Waals surface area (Å²) in [5.41, 5.74) is 5.07. The van der Waals surface area contributed by atoms with Crippen LogP contribution < -0.4 is 10.1 Å². The lowest BCUT2D eigenvalue weighted by molar-refractivity contribution is 0.199. The Bertz CT molecular complexity index is 1180. The molecule has 7 heteroatoms. The van der Waals surface area contributed by atoms with Crippen LogP contribution in [0.4, 0.5) is 5.69 Å². The first-order valence-corrected chi connectivity index (χ1v) is 11.4. The summed E-state index contributed by atoms with van der Waals surface area (Å²) in [6.45, 7) is 5.57. The lowest BCUT2D eigenvalue weighted by atomic mass is 9.99. The molecule has 0 aliphatic carbocycles. The van der Waals surface area contributed by atoms with Crippen LogP contribution >= 0.6 is 0 Å². The molecular formula is C26H29N5O2. The first kappa shape index (κ1) is 22.8. The van der Waals surface area contributed by atoms with Crippen molar-refractivity contribution < 1.29 is 4.74 Å². The molecule has 0 amide bonds. The molecule has 4 rings (SSSR count). The number of nitrogens with one attached hydrogen (secondary N) is 1. The minimum Gasteiger partial charge on any atom is -0.497 e. The van der Waals surface area contributed by atoms with Crippen LogP contribution in [0.15, 0.2) is 47.8 Å². The van der Waals surface area contributed by atoms with Gasteiger partial charge in [-0.25, -0.2) is 0 Å². The SMILES string of the molecule is COc1ccc2ncc(C#N)c(CCN3CCC(NCc4ccc(C)c(N=O)c4)CC3)c2c1. The lowest BCUT2D eigenvalue weighted by Crippen LogP contribution is -2.42. The van der Waals surface area contributed by atoms with Gasteiger partial charge in [0.25, 0.3) is 0 Å². The van der Waals surface area contributed by atoms with E-state index in [0.29, 0.717) is 17.3 Å². The number of aromatic nitrogens is 1. The van der Waals surface area contributed by atoms with Crippen molar-refractivity contribution in [2.24, 2.45) is 5.18 Å². The number of piperidine rings is 1. The molecule has 1 aliphatic heterocycles. The molecule has 7 nitrogen and oxygen atoms in total. The Balaban J connectivity index is 1.33. The molecule has 2 aromatic carbocycles. The summed E-state index contributed by atoms with van der Waals surface area (Å²) < 4.78 is 5.38. The van der Waals surface area contributed by atoms with Gasteiger partial charge in [-0.1, -0.05) is 12.1 Å². The lowest BCUT2D eigenvalue weighted by Gasteiger charge is -2.32. The number of pyridine rings is 1. The zero-order valence-corrected chi connectivity index (χ0v) is 19.2. The van der Waals surface area contributed by atoms with Crippen molar-refractivity contribution >= 4 is 16.6 Å². The van der Waals surface area contributed by atoms with E-state index in [9.17, 15) is 10.2 Å². The van der Waals surface area contributed by atoms with Gasteiger partial charge < -0.3 is 15.0 Å². The molecule has 0 saturated carbocycles. The van der Waals surface area contributed by atoms with Gasteiger partial charge in [0.15, 0.2) is 0 Å². The van der Waals surface area contributed by atoms with E-state index in [0.717, 1.165) is 78.8 Å². The Morgan fingerprint density at radius 1 is 1.24 bits per heavy atom. The van der Waals surface area contributed by atoms with Gasteiger partial charge in [0, 0.05) is 30.7 Å². The van der Waals surface area contributed by atoms with Crippen LogP contribution in [0.3, 0.4) is 0 Å². The highest BCUT2D eigenvalue weighted by Gasteiger charge is 2.20. The van der Waals surface area contributed by atoms with Crippen LogP contribution in [-0.2, 0) is 13.0 Å². The van der Waals surface area contributed by atoms with Gasteiger partial charge in [-0.2, -0.15) is 5.26 Å². The Hall–Kier alpha value is -3.34. The minimum absolute atomic E-state index is 0.455. The highest BCUT2D eigenvalue weighted by atomic mass is 16.5. The molecule has 1 N–H and O–H groups in total. The van der Waals surface area contributed by atoms with E-state index in [1.54, 1.807) is 13.3 Å². The molecule has 1 aliphatic rings. The monoisotopic (exact) mass is 443 g/mol. The largest absolute Gasteiger partial charge is 0.497 e. The van der Waals surface area contributed by atoms with E-state index in [1.807, 2.05) is 43.3 Å². The number of benzene rings is 2. The van der Waals surface area contributed by atoms with Crippen LogP contribution in [0, 0.1) is 23.2 Å². The molecule has 2 heterocycles. The number of rotatable bonds is 8. The van der Waals surface area contributed by atoms with Crippen molar-refractivity contribution in [2.45, 2.75) is 38.8 Å². The van der Waals surface area contributed by atoms with E-state index < -0.39 is 0 Å². The van der Waals surface area contributed by atoms with Crippen LogP contribution in [0.1, 0.15) is 35.1 Å². The Morgan fingerprint density at radius 3 is 2.79 bits per heavy atom. The predicted octanol–water partition coefficient (Wildman–Crippen LogP) is 4.62. The summed E-state index contributed by atoms with van der Waals surface area (Å²) in [6.07, 6.45) is 4.62. The van der Waals surface area contributed by atoms with E-state index in [-0.39, 0.29) is 0 Å². The van der Waals surface area contributed by atoms with Crippen molar-refractivity contribution in [2.75, 3.05) is 26.7 Å². The van der Waals surface area contributed by atoms with E-state index in [4.69, 9.17) is 4.74 Å². The zero-order chi connectivity index (χ0) is 23.2. The minimum atomic E-state index is 0.455. The standard InChI is InChI=1S/C26H29N5O2/c1-18-3-4-19(13-26(18)30-32)16-28-21-7-10-31(11-8-21)12-9-23-20(15-27)17-29-25-6-5-22(33-2)14-24(23)25/h3-6,13-14,17,21,28H,7-12,16H2,1-2H3. The fourth-order valence-corrected chi connectivity index (χ4v) is 4.48. The van der Waals surface area contributed by atoms with Gasteiger partial charge in [-0.15, -0.1) is 4.91 Å². The molecule has 0 unspecified atom stereocenters. The molecule has 33 heavy (non-hydrogen) atoms. The van der Waals surface area contributed by atoms with Gasteiger partial charge in [0.1, 0.15) is 17.5 Å². The third-order valence-electron chi connectivity index (χ3n) is 6.54. The summed E-state index contributed by atoms with van der Waals surface area (Å²) in [7, 11) is 1.65. The van der Waals surface area contributed by atoms with Crippen molar-refractivity contribution in [3.8, 4) is 11.8 Å². The molecular weight excluding hydrogens is 414 g/mol. The summed E-state index contributed by atoms with van der Waals surface area (Å²) in [4.78, 5) is 17.8. The van der Waals surface area contributed by atoms with Crippen LogP contribution in [0.5, 0.6) is 5.75 Å². The van der Waals surface area contributed by atoms with E-state index in [2.05, 4.69) is 26.4 Å². The zero-order valence-electron chi connectivity index (χ0n) is 19.2.